The van der Waals surface area contributed by atoms with Crippen molar-refractivity contribution < 1.29 is 4.79 Å². The molecule has 17 heavy (non-hydrogen) atoms. The lowest BCUT2D eigenvalue weighted by Gasteiger charge is -2.22. The number of carbonyl (C=O) groups is 1. The molecule has 0 radical (unpaired) electrons. The van der Waals surface area contributed by atoms with Crippen molar-refractivity contribution in [1.29, 1.82) is 0 Å². The number of rotatable bonds is 8. The van der Waals surface area contributed by atoms with Gasteiger partial charge in [0.2, 0.25) is 5.91 Å². The van der Waals surface area contributed by atoms with Crippen LogP contribution in [-0.4, -0.2) is 36.0 Å². The van der Waals surface area contributed by atoms with Crippen LogP contribution >= 0.6 is 0 Å². The number of hydrogen-bond donors (Lipinski definition) is 1. The number of carbonyl (C=O) groups excluding carboxylic acids is 1. The van der Waals surface area contributed by atoms with E-state index in [9.17, 15) is 4.79 Å². The zero-order chi connectivity index (χ0) is 13.3. The summed E-state index contributed by atoms with van der Waals surface area (Å²) >= 11 is 0. The summed E-state index contributed by atoms with van der Waals surface area (Å²) in [5.74, 6) is 0.210. The maximum Gasteiger partial charge on any atom is 0.219 e. The highest BCUT2D eigenvalue weighted by atomic mass is 16.2. The van der Waals surface area contributed by atoms with Crippen molar-refractivity contribution >= 4 is 5.91 Å². The minimum Gasteiger partial charge on any atom is -0.343 e. The van der Waals surface area contributed by atoms with E-state index < -0.39 is 0 Å². The van der Waals surface area contributed by atoms with Crippen LogP contribution < -0.4 is 5.32 Å². The van der Waals surface area contributed by atoms with Gasteiger partial charge < -0.3 is 10.2 Å². The van der Waals surface area contributed by atoms with Crippen LogP contribution in [0, 0.1) is 0 Å². The molecule has 1 N–H and O–H groups in total. The summed E-state index contributed by atoms with van der Waals surface area (Å²) in [4.78, 5) is 13.4. The zero-order valence-corrected chi connectivity index (χ0v) is 12.3. The van der Waals surface area contributed by atoms with Crippen LogP contribution in [0.5, 0.6) is 0 Å². The van der Waals surface area contributed by atoms with Crippen molar-refractivity contribution in [3.63, 3.8) is 0 Å². The lowest BCUT2D eigenvalue weighted by Crippen LogP contribution is -2.37. The quantitative estimate of drug-likeness (QED) is 0.664. The monoisotopic (exact) mass is 242 g/mol. The Morgan fingerprint density at radius 1 is 1.12 bits per heavy atom. The highest BCUT2D eigenvalue weighted by Crippen LogP contribution is 2.02. The van der Waals surface area contributed by atoms with Crippen molar-refractivity contribution in [3.05, 3.63) is 0 Å². The largest absolute Gasteiger partial charge is 0.343 e. The molecule has 0 aromatic rings. The molecule has 102 valence electrons. The first kappa shape index (κ1) is 16.4. The maximum atomic E-state index is 11.4. The lowest BCUT2D eigenvalue weighted by atomic mass is 10.1. The highest BCUT2D eigenvalue weighted by Gasteiger charge is 2.09. The molecule has 0 aliphatic carbocycles. The molecular formula is C14H30N2O. The summed E-state index contributed by atoms with van der Waals surface area (Å²) in [7, 11) is 0. The standard InChI is InChI=1S/C14H30N2O/c1-6-7-11-16(13(2)17)12-9-8-10-15-14(3,4)5/h15H,6-12H2,1-5H3. The van der Waals surface area contributed by atoms with Crippen LogP contribution in [0.1, 0.15) is 60.3 Å². The second kappa shape index (κ2) is 8.51. The molecule has 0 heterocycles. The minimum absolute atomic E-state index is 0.197. The Labute approximate surface area is 107 Å². The molecule has 0 saturated carbocycles. The van der Waals surface area contributed by atoms with E-state index in [1.165, 1.54) is 0 Å². The second-order valence-electron chi connectivity index (χ2n) is 5.74. The van der Waals surface area contributed by atoms with Crippen LogP contribution in [0.3, 0.4) is 0 Å². The van der Waals surface area contributed by atoms with Crippen LogP contribution in [0.4, 0.5) is 0 Å². The Hall–Kier alpha value is -0.570. The molecule has 0 bridgehead atoms. The number of unbranched alkanes of at least 4 members (excludes halogenated alkanes) is 2. The molecule has 0 unspecified atom stereocenters. The molecule has 0 rings (SSSR count). The summed E-state index contributed by atoms with van der Waals surface area (Å²) in [6, 6.07) is 0. The van der Waals surface area contributed by atoms with Gasteiger partial charge in [0.25, 0.3) is 0 Å². The van der Waals surface area contributed by atoms with E-state index >= 15 is 0 Å². The van der Waals surface area contributed by atoms with E-state index in [0.717, 1.165) is 45.3 Å². The topological polar surface area (TPSA) is 32.3 Å². The third-order valence-corrected chi connectivity index (χ3v) is 2.74. The van der Waals surface area contributed by atoms with Gasteiger partial charge in [-0.05, 0) is 46.6 Å². The van der Waals surface area contributed by atoms with Crippen LogP contribution in [0.15, 0.2) is 0 Å². The van der Waals surface area contributed by atoms with Gasteiger partial charge in [-0.3, -0.25) is 4.79 Å². The number of nitrogens with one attached hydrogen (secondary N) is 1. The number of hydrogen-bond acceptors (Lipinski definition) is 2. The van der Waals surface area contributed by atoms with E-state index in [4.69, 9.17) is 0 Å². The van der Waals surface area contributed by atoms with Crippen molar-refractivity contribution in [2.75, 3.05) is 19.6 Å². The van der Waals surface area contributed by atoms with Gasteiger partial charge in [0, 0.05) is 25.6 Å². The smallest absolute Gasteiger partial charge is 0.219 e. The molecular weight excluding hydrogens is 212 g/mol. The van der Waals surface area contributed by atoms with E-state index in [-0.39, 0.29) is 11.4 Å². The molecule has 0 aromatic carbocycles. The van der Waals surface area contributed by atoms with Crippen molar-refractivity contribution in [1.82, 2.24) is 10.2 Å². The van der Waals surface area contributed by atoms with E-state index in [2.05, 4.69) is 33.0 Å². The molecule has 1 amide bonds. The number of amides is 1. The lowest BCUT2D eigenvalue weighted by molar-refractivity contribution is -0.129. The van der Waals surface area contributed by atoms with E-state index in [1.54, 1.807) is 6.92 Å². The SMILES string of the molecule is CCCCN(CCCCNC(C)(C)C)C(C)=O. The second-order valence-corrected chi connectivity index (χ2v) is 5.74. The fraction of sp³-hybridized carbons (Fsp3) is 0.929. The van der Waals surface area contributed by atoms with Gasteiger partial charge in [-0.2, -0.15) is 0 Å². The molecule has 0 aliphatic rings. The van der Waals surface area contributed by atoms with Gasteiger partial charge in [0.15, 0.2) is 0 Å². The third kappa shape index (κ3) is 10.3. The molecule has 3 heteroatoms. The first-order chi connectivity index (χ1) is 7.87. The summed E-state index contributed by atoms with van der Waals surface area (Å²) in [5.41, 5.74) is 0.197. The van der Waals surface area contributed by atoms with Gasteiger partial charge in [-0.1, -0.05) is 13.3 Å². The maximum absolute atomic E-state index is 11.4. The van der Waals surface area contributed by atoms with Crippen molar-refractivity contribution in [3.8, 4) is 0 Å². The Kier molecular flexibility index (Phi) is 8.23. The van der Waals surface area contributed by atoms with Gasteiger partial charge in [-0.25, -0.2) is 0 Å². The number of nitrogens with zero attached hydrogens (tertiary/aromatic N) is 1. The van der Waals surface area contributed by atoms with Gasteiger partial charge in [-0.15, -0.1) is 0 Å². The fourth-order valence-corrected chi connectivity index (χ4v) is 1.67. The van der Waals surface area contributed by atoms with E-state index in [1.807, 2.05) is 4.90 Å². The Morgan fingerprint density at radius 2 is 1.71 bits per heavy atom. The van der Waals surface area contributed by atoms with Crippen LogP contribution in [-0.2, 0) is 4.79 Å². The average Bonchev–Trinajstić information content (AvgIpc) is 2.20. The first-order valence-electron chi connectivity index (χ1n) is 6.87. The molecule has 0 aromatic heterocycles. The summed E-state index contributed by atoms with van der Waals surface area (Å²) in [6.07, 6.45) is 4.48. The van der Waals surface area contributed by atoms with Crippen LogP contribution in [0.2, 0.25) is 0 Å². The van der Waals surface area contributed by atoms with Gasteiger partial charge in [0.1, 0.15) is 0 Å². The minimum atomic E-state index is 0.197. The Morgan fingerprint density at radius 3 is 2.18 bits per heavy atom. The molecule has 0 atom stereocenters. The molecule has 0 fully saturated rings. The molecule has 0 aliphatic heterocycles. The molecule has 3 nitrogen and oxygen atoms in total. The summed E-state index contributed by atoms with van der Waals surface area (Å²) in [5, 5.41) is 3.46. The highest BCUT2D eigenvalue weighted by molar-refractivity contribution is 5.73. The van der Waals surface area contributed by atoms with Gasteiger partial charge >= 0.3 is 0 Å². The summed E-state index contributed by atoms with van der Waals surface area (Å²) in [6.45, 7) is 13.2. The summed E-state index contributed by atoms with van der Waals surface area (Å²) < 4.78 is 0. The molecule has 0 saturated heterocycles. The first-order valence-corrected chi connectivity index (χ1v) is 6.87. The average molecular weight is 242 g/mol. The van der Waals surface area contributed by atoms with Gasteiger partial charge in [0.05, 0.1) is 0 Å². The normalized spacial score (nSPS) is 11.6. The molecule has 0 spiro atoms. The van der Waals surface area contributed by atoms with Crippen molar-refractivity contribution in [2.45, 2.75) is 65.8 Å². The van der Waals surface area contributed by atoms with Crippen LogP contribution in [0.25, 0.3) is 0 Å². The van der Waals surface area contributed by atoms with Crippen molar-refractivity contribution in [2.24, 2.45) is 0 Å². The fourth-order valence-electron chi connectivity index (χ4n) is 1.67. The third-order valence-electron chi connectivity index (χ3n) is 2.74. The Balaban J connectivity index is 3.65. The predicted octanol–water partition coefficient (Wildman–Crippen LogP) is 2.80. The Bertz CT molecular complexity index is 209. The predicted molar refractivity (Wildman–Crippen MR) is 74.2 cm³/mol. The zero-order valence-electron chi connectivity index (χ0n) is 12.3. The van der Waals surface area contributed by atoms with E-state index in [0.29, 0.717) is 0 Å².